The van der Waals surface area contributed by atoms with Crippen molar-refractivity contribution in [2.45, 2.75) is 6.54 Å². The molecule has 1 N–H and O–H groups in total. The summed E-state index contributed by atoms with van der Waals surface area (Å²) in [5, 5.41) is 8.61. The average molecular weight is 305 g/mol. The van der Waals surface area contributed by atoms with Crippen LogP contribution in [0.2, 0.25) is 4.34 Å². The lowest BCUT2D eigenvalue weighted by molar-refractivity contribution is 0.0632. The highest BCUT2D eigenvalue weighted by Crippen LogP contribution is 2.23. The fraction of sp³-hybridized carbons (Fsp3) is 0.583. The number of thiophene rings is 1. The van der Waals surface area contributed by atoms with Crippen molar-refractivity contribution in [3.8, 4) is 0 Å². The molecule has 2 heterocycles. The Balaban J connectivity index is 1.74. The molecular weight excluding hydrogens is 288 g/mol. The molecule has 1 aliphatic rings. The van der Waals surface area contributed by atoms with Crippen LogP contribution in [0.25, 0.3) is 0 Å². The first kappa shape index (κ1) is 14.6. The smallest absolute Gasteiger partial charge is 0.409 e. The van der Waals surface area contributed by atoms with Crippen LogP contribution in [0.3, 0.4) is 0 Å². The second kappa shape index (κ2) is 7.09. The van der Waals surface area contributed by atoms with Gasteiger partial charge >= 0.3 is 6.09 Å². The fourth-order valence-electron chi connectivity index (χ4n) is 1.97. The standard InChI is InChI=1S/C12H17ClN2O3S/c13-11-2-1-10(19-11)9-14-3-5-15(6-4-14)12(17)18-8-7-16/h1-2,16H,3-9H2. The summed E-state index contributed by atoms with van der Waals surface area (Å²) in [6, 6.07) is 3.94. The molecule has 5 nitrogen and oxygen atoms in total. The molecular formula is C12H17ClN2O3S. The van der Waals surface area contributed by atoms with Crippen LogP contribution >= 0.6 is 22.9 Å². The predicted molar refractivity (Wildman–Crippen MR) is 74.6 cm³/mol. The van der Waals surface area contributed by atoms with E-state index >= 15 is 0 Å². The number of ether oxygens (including phenoxy) is 1. The van der Waals surface area contributed by atoms with Gasteiger partial charge in [0.25, 0.3) is 0 Å². The van der Waals surface area contributed by atoms with E-state index in [1.807, 2.05) is 12.1 Å². The Kier molecular flexibility index (Phi) is 5.45. The van der Waals surface area contributed by atoms with Crippen LogP contribution in [0.1, 0.15) is 4.88 Å². The first-order valence-corrected chi connectivity index (χ1v) is 7.37. The van der Waals surface area contributed by atoms with E-state index in [2.05, 4.69) is 4.90 Å². The second-order valence-electron chi connectivity index (χ2n) is 4.31. The number of aliphatic hydroxyl groups excluding tert-OH is 1. The first-order valence-electron chi connectivity index (χ1n) is 6.18. The lowest BCUT2D eigenvalue weighted by Crippen LogP contribution is -2.48. The first-order chi connectivity index (χ1) is 9.19. The van der Waals surface area contributed by atoms with E-state index in [0.717, 1.165) is 24.0 Å². The zero-order valence-corrected chi connectivity index (χ0v) is 12.1. The van der Waals surface area contributed by atoms with Gasteiger partial charge in [-0.2, -0.15) is 0 Å². The highest BCUT2D eigenvalue weighted by Gasteiger charge is 2.22. The molecule has 1 amide bonds. The summed E-state index contributed by atoms with van der Waals surface area (Å²) in [7, 11) is 0. The van der Waals surface area contributed by atoms with Crippen LogP contribution < -0.4 is 0 Å². The number of nitrogens with zero attached hydrogens (tertiary/aromatic N) is 2. The van der Waals surface area contributed by atoms with Crippen molar-refractivity contribution in [1.29, 1.82) is 0 Å². The molecule has 0 atom stereocenters. The summed E-state index contributed by atoms with van der Waals surface area (Å²) in [6.45, 7) is 3.76. The molecule has 0 aliphatic carbocycles. The largest absolute Gasteiger partial charge is 0.447 e. The number of carbonyl (C=O) groups is 1. The SMILES string of the molecule is O=C(OCCO)N1CCN(Cc2ccc(Cl)s2)CC1. The number of aliphatic hydroxyl groups is 1. The molecule has 1 aliphatic heterocycles. The van der Waals surface area contributed by atoms with Crippen LogP contribution in [0.5, 0.6) is 0 Å². The summed E-state index contributed by atoms with van der Waals surface area (Å²) < 4.78 is 5.70. The van der Waals surface area contributed by atoms with Crippen molar-refractivity contribution < 1.29 is 14.6 Å². The number of hydrogen-bond donors (Lipinski definition) is 1. The third-order valence-electron chi connectivity index (χ3n) is 2.96. The minimum Gasteiger partial charge on any atom is -0.447 e. The van der Waals surface area contributed by atoms with Crippen molar-refractivity contribution in [3.63, 3.8) is 0 Å². The summed E-state index contributed by atoms with van der Waals surface area (Å²) in [5.74, 6) is 0. The zero-order valence-electron chi connectivity index (χ0n) is 10.5. The quantitative estimate of drug-likeness (QED) is 0.919. The molecule has 0 unspecified atom stereocenters. The Labute approximate surface area is 121 Å². The normalized spacial score (nSPS) is 16.6. The number of carbonyl (C=O) groups excluding carboxylic acids is 1. The van der Waals surface area contributed by atoms with Crippen LogP contribution in [0.15, 0.2) is 12.1 Å². The molecule has 0 radical (unpaired) electrons. The summed E-state index contributed by atoms with van der Waals surface area (Å²) >= 11 is 7.49. The van der Waals surface area contributed by atoms with Gasteiger partial charge in [0.2, 0.25) is 0 Å². The molecule has 0 bridgehead atoms. The lowest BCUT2D eigenvalue weighted by atomic mass is 10.3. The Morgan fingerprint density at radius 2 is 2.11 bits per heavy atom. The Morgan fingerprint density at radius 1 is 1.37 bits per heavy atom. The van der Waals surface area contributed by atoms with Gasteiger partial charge in [0.1, 0.15) is 6.61 Å². The van der Waals surface area contributed by atoms with Crippen molar-refractivity contribution in [2.24, 2.45) is 0 Å². The third-order valence-corrected chi connectivity index (χ3v) is 4.17. The van der Waals surface area contributed by atoms with Crippen molar-refractivity contribution in [2.75, 3.05) is 39.4 Å². The van der Waals surface area contributed by atoms with E-state index < -0.39 is 0 Å². The predicted octanol–water partition coefficient (Wildman–Crippen LogP) is 1.65. The van der Waals surface area contributed by atoms with E-state index in [0.29, 0.717) is 13.1 Å². The Hall–Kier alpha value is -0.820. The highest BCUT2D eigenvalue weighted by molar-refractivity contribution is 7.16. The Bertz CT molecular complexity index is 419. The van der Waals surface area contributed by atoms with E-state index in [1.165, 1.54) is 4.88 Å². The molecule has 1 aromatic rings. The average Bonchev–Trinajstić information content (AvgIpc) is 2.82. The molecule has 1 fully saturated rings. The van der Waals surface area contributed by atoms with Gasteiger partial charge in [0.15, 0.2) is 0 Å². The maximum atomic E-state index is 11.6. The highest BCUT2D eigenvalue weighted by atomic mass is 35.5. The summed E-state index contributed by atoms with van der Waals surface area (Å²) in [5.41, 5.74) is 0. The zero-order chi connectivity index (χ0) is 13.7. The number of halogens is 1. The number of amides is 1. The van der Waals surface area contributed by atoms with Crippen molar-refractivity contribution in [3.05, 3.63) is 21.3 Å². The number of hydrogen-bond acceptors (Lipinski definition) is 5. The topological polar surface area (TPSA) is 53.0 Å². The summed E-state index contributed by atoms with van der Waals surface area (Å²) in [6.07, 6.45) is -0.340. The molecule has 1 aromatic heterocycles. The van der Waals surface area contributed by atoms with Gasteiger partial charge in [-0.3, -0.25) is 4.90 Å². The maximum Gasteiger partial charge on any atom is 0.409 e. The van der Waals surface area contributed by atoms with Crippen molar-refractivity contribution in [1.82, 2.24) is 9.80 Å². The van der Waals surface area contributed by atoms with Gasteiger partial charge in [-0.15, -0.1) is 11.3 Å². The van der Waals surface area contributed by atoms with Crippen LogP contribution in [0, 0.1) is 0 Å². The van der Waals surface area contributed by atoms with E-state index in [-0.39, 0.29) is 19.3 Å². The lowest BCUT2D eigenvalue weighted by Gasteiger charge is -2.33. The van der Waals surface area contributed by atoms with Gasteiger partial charge in [0, 0.05) is 37.6 Å². The molecule has 19 heavy (non-hydrogen) atoms. The summed E-state index contributed by atoms with van der Waals surface area (Å²) in [4.78, 5) is 16.8. The van der Waals surface area contributed by atoms with Crippen LogP contribution in [-0.2, 0) is 11.3 Å². The van der Waals surface area contributed by atoms with Gasteiger partial charge in [0.05, 0.1) is 10.9 Å². The molecule has 0 aromatic carbocycles. The van der Waals surface area contributed by atoms with Gasteiger partial charge < -0.3 is 14.7 Å². The van der Waals surface area contributed by atoms with Gasteiger partial charge in [-0.25, -0.2) is 4.79 Å². The monoisotopic (exact) mass is 304 g/mol. The number of piperazine rings is 1. The van der Waals surface area contributed by atoms with Crippen LogP contribution in [0.4, 0.5) is 4.79 Å². The molecule has 7 heteroatoms. The molecule has 1 saturated heterocycles. The third kappa shape index (κ3) is 4.35. The fourth-order valence-corrected chi connectivity index (χ4v) is 3.10. The Morgan fingerprint density at radius 3 is 2.68 bits per heavy atom. The number of rotatable bonds is 4. The second-order valence-corrected chi connectivity index (χ2v) is 6.11. The van der Waals surface area contributed by atoms with Gasteiger partial charge in [-0.05, 0) is 12.1 Å². The molecule has 2 rings (SSSR count). The molecule has 106 valence electrons. The van der Waals surface area contributed by atoms with E-state index in [9.17, 15) is 4.79 Å². The maximum absolute atomic E-state index is 11.6. The van der Waals surface area contributed by atoms with E-state index in [1.54, 1.807) is 16.2 Å². The van der Waals surface area contributed by atoms with Crippen LogP contribution in [-0.4, -0.2) is 60.4 Å². The minimum absolute atomic E-state index is 0.0622. The molecule has 0 spiro atoms. The molecule has 0 saturated carbocycles. The van der Waals surface area contributed by atoms with Crippen molar-refractivity contribution >= 4 is 29.0 Å². The van der Waals surface area contributed by atoms with E-state index in [4.69, 9.17) is 21.4 Å². The van der Waals surface area contributed by atoms with Gasteiger partial charge in [-0.1, -0.05) is 11.6 Å². The minimum atomic E-state index is -0.340.